The Bertz CT molecular complexity index is 136. The minimum Gasteiger partial charge on any atom is -0.459 e. The molecule has 0 aromatic carbocycles. The molecule has 1 heterocycles. The van der Waals surface area contributed by atoms with E-state index < -0.39 is 6.10 Å². The summed E-state index contributed by atoms with van der Waals surface area (Å²) in [6, 6.07) is 0. The number of aliphatic hydroxyl groups excluding tert-OH is 1. The van der Waals surface area contributed by atoms with Gasteiger partial charge in [-0.05, 0) is 6.92 Å². The first-order valence-corrected chi connectivity index (χ1v) is 3.90. The van der Waals surface area contributed by atoms with Gasteiger partial charge in [0.1, 0.15) is 16.1 Å². The summed E-state index contributed by atoms with van der Waals surface area (Å²) in [4.78, 5) is 10.6. The summed E-state index contributed by atoms with van der Waals surface area (Å²) >= 11 is 1.87. The van der Waals surface area contributed by atoms with Crippen LogP contribution in [0.3, 0.4) is 0 Å². The molecule has 0 bridgehead atoms. The molecule has 1 aliphatic rings. The van der Waals surface area contributed by atoms with Crippen LogP contribution in [-0.4, -0.2) is 27.2 Å². The fourth-order valence-electron chi connectivity index (χ4n) is 0.695. The van der Waals surface area contributed by atoms with Crippen molar-refractivity contribution in [2.75, 3.05) is 0 Å². The van der Waals surface area contributed by atoms with Crippen molar-refractivity contribution in [1.82, 2.24) is 0 Å². The van der Waals surface area contributed by atoms with Crippen LogP contribution in [-0.2, 0) is 9.53 Å². The van der Waals surface area contributed by atoms with Crippen molar-refractivity contribution < 1.29 is 14.6 Å². The van der Waals surface area contributed by atoms with Gasteiger partial charge < -0.3 is 9.84 Å². The molecular formula is C5H7IO3. The lowest BCUT2D eigenvalue weighted by molar-refractivity contribution is -0.140. The van der Waals surface area contributed by atoms with E-state index in [1.807, 2.05) is 22.6 Å². The zero-order valence-corrected chi connectivity index (χ0v) is 7.03. The van der Waals surface area contributed by atoms with Crippen LogP contribution >= 0.6 is 22.6 Å². The number of carbonyl (C=O) groups is 1. The lowest BCUT2D eigenvalue weighted by atomic mass is 10.2. The third-order valence-electron chi connectivity index (χ3n) is 1.31. The van der Waals surface area contributed by atoms with E-state index in [2.05, 4.69) is 4.74 Å². The topological polar surface area (TPSA) is 46.5 Å². The highest BCUT2D eigenvalue weighted by Gasteiger charge is 2.38. The predicted octanol–water partition coefficient (Wildman–Crippen LogP) is 0.0962. The molecular weight excluding hydrogens is 235 g/mol. The Hall–Kier alpha value is 0.160. The Balaban J connectivity index is 2.65. The highest BCUT2D eigenvalue weighted by Crippen LogP contribution is 2.21. The number of esters is 1. The number of alkyl halides is 1. The van der Waals surface area contributed by atoms with Crippen molar-refractivity contribution in [2.45, 2.75) is 23.1 Å². The number of hydrogen-bond donors (Lipinski definition) is 1. The fourth-order valence-corrected chi connectivity index (χ4v) is 1.43. The van der Waals surface area contributed by atoms with Crippen LogP contribution in [0.2, 0.25) is 0 Å². The Morgan fingerprint density at radius 1 is 1.78 bits per heavy atom. The normalized spacial score (nSPS) is 43.0. The fraction of sp³-hybridized carbons (Fsp3) is 0.800. The molecule has 0 aromatic rings. The highest BCUT2D eigenvalue weighted by atomic mass is 127. The quantitative estimate of drug-likeness (QED) is 0.372. The van der Waals surface area contributed by atoms with Crippen LogP contribution in [0.4, 0.5) is 0 Å². The van der Waals surface area contributed by atoms with E-state index in [1.54, 1.807) is 6.92 Å². The number of cyclic esters (lactones) is 1. The zero-order valence-electron chi connectivity index (χ0n) is 4.87. The van der Waals surface area contributed by atoms with Crippen LogP contribution in [0.1, 0.15) is 6.92 Å². The monoisotopic (exact) mass is 242 g/mol. The van der Waals surface area contributed by atoms with E-state index in [0.717, 1.165) is 0 Å². The number of rotatable bonds is 0. The summed E-state index contributed by atoms with van der Waals surface area (Å²) in [5.41, 5.74) is 0. The molecule has 4 heteroatoms. The van der Waals surface area contributed by atoms with Crippen molar-refractivity contribution in [3.05, 3.63) is 0 Å². The van der Waals surface area contributed by atoms with E-state index in [0.29, 0.717) is 0 Å². The maximum absolute atomic E-state index is 10.6. The molecule has 0 amide bonds. The van der Waals surface area contributed by atoms with Gasteiger partial charge in [0.25, 0.3) is 0 Å². The zero-order chi connectivity index (χ0) is 7.02. The Morgan fingerprint density at radius 3 is 2.44 bits per heavy atom. The van der Waals surface area contributed by atoms with Crippen LogP contribution in [0.5, 0.6) is 0 Å². The van der Waals surface area contributed by atoms with Gasteiger partial charge >= 0.3 is 5.97 Å². The summed E-state index contributed by atoms with van der Waals surface area (Å²) in [5.74, 6) is -0.310. The van der Waals surface area contributed by atoms with Gasteiger partial charge in [0, 0.05) is 0 Å². The maximum Gasteiger partial charge on any atom is 0.322 e. The SMILES string of the molecule is C[C@H]1OC(=O)[C@H](I)[C@@H]1O. The molecule has 0 saturated carbocycles. The van der Waals surface area contributed by atoms with Crippen LogP contribution in [0.25, 0.3) is 0 Å². The first-order valence-electron chi connectivity index (χ1n) is 2.65. The van der Waals surface area contributed by atoms with E-state index in [4.69, 9.17) is 5.11 Å². The molecule has 0 aliphatic carbocycles. The van der Waals surface area contributed by atoms with E-state index in [1.165, 1.54) is 0 Å². The van der Waals surface area contributed by atoms with Crippen LogP contribution < -0.4 is 0 Å². The third-order valence-corrected chi connectivity index (χ3v) is 2.55. The number of ether oxygens (including phenoxy) is 1. The lowest BCUT2D eigenvalue weighted by Crippen LogP contribution is -2.24. The summed E-state index contributed by atoms with van der Waals surface area (Å²) < 4.78 is 4.31. The number of hydrogen-bond acceptors (Lipinski definition) is 3. The maximum atomic E-state index is 10.6. The average molecular weight is 242 g/mol. The van der Waals surface area contributed by atoms with Gasteiger partial charge in [-0.3, -0.25) is 4.79 Å². The number of aliphatic hydroxyl groups is 1. The van der Waals surface area contributed by atoms with E-state index in [-0.39, 0.29) is 16.0 Å². The average Bonchev–Trinajstić information content (AvgIpc) is 1.98. The molecule has 1 rings (SSSR count). The van der Waals surface area contributed by atoms with Gasteiger partial charge in [0.05, 0.1) is 0 Å². The molecule has 9 heavy (non-hydrogen) atoms. The Morgan fingerprint density at radius 2 is 2.33 bits per heavy atom. The third kappa shape index (κ3) is 1.19. The molecule has 0 spiro atoms. The second kappa shape index (κ2) is 2.42. The smallest absolute Gasteiger partial charge is 0.322 e. The van der Waals surface area contributed by atoms with Gasteiger partial charge in [0.15, 0.2) is 0 Å². The van der Waals surface area contributed by atoms with Crippen molar-refractivity contribution in [3.63, 3.8) is 0 Å². The summed E-state index contributed by atoms with van der Waals surface area (Å²) in [6.07, 6.45) is -0.961. The molecule has 0 radical (unpaired) electrons. The van der Waals surface area contributed by atoms with E-state index >= 15 is 0 Å². The van der Waals surface area contributed by atoms with Crippen molar-refractivity contribution in [3.8, 4) is 0 Å². The summed E-state index contributed by atoms with van der Waals surface area (Å²) in [6.45, 7) is 1.68. The molecule has 1 saturated heterocycles. The molecule has 0 aromatic heterocycles. The molecule has 3 atom stereocenters. The lowest BCUT2D eigenvalue weighted by Gasteiger charge is -2.04. The number of halogens is 1. The highest BCUT2D eigenvalue weighted by molar-refractivity contribution is 14.1. The first kappa shape index (κ1) is 7.27. The van der Waals surface area contributed by atoms with Crippen molar-refractivity contribution in [1.29, 1.82) is 0 Å². The second-order valence-electron chi connectivity index (χ2n) is 2.03. The Kier molecular flexibility index (Phi) is 1.95. The van der Waals surface area contributed by atoms with E-state index in [9.17, 15) is 4.79 Å². The Labute approximate surface area is 66.5 Å². The largest absolute Gasteiger partial charge is 0.459 e. The molecule has 52 valence electrons. The predicted molar refractivity (Wildman–Crippen MR) is 39.4 cm³/mol. The first-order chi connectivity index (χ1) is 4.13. The van der Waals surface area contributed by atoms with Gasteiger partial charge in [-0.15, -0.1) is 0 Å². The molecule has 1 N–H and O–H groups in total. The minimum absolute atomic E-state index is 0.310. The van der Waals surface area contributed by atoms with Gasteiger partial charge in [0.2, 0.25) is 0 Å². The second-order valence-corrected chi connectivity index (χ2v) is 3.38. The van der Waals surface area contributed by atoms with Crippen molar-refractivity contribution in [2.24, 2.45) is 0 Å². The minimum atomic E-state index is -0.627. The van der Waals surface area contributed by atoms with Crippen LogP contribution in [0.15, 0.2) is 0 Å². The van der Waals surface area contributed by atoms with Gasteiger partial charge in [-0.2, -0.15) is 0 Å². The van der Waals surface area contributed by atoms with Crippen LogP contribution in [0, 0.1) is 0 Å². The standard InChI is InChI=1S/C5H7IO3/c1-2-4(7)3(6)5(8)9-2/h2-4,7H,1H3/t2-,3-,4-/m1/s1. The molecule has 1 aliphatic heterocycles. The molecule has 1 fully saturated rings. The number of carbonyl (C=O) groups excluding carboxylic acids is 1. The molecule has 3 nitrogen and oxygen atoms in total. The summed E-state index contributed by atoms with van der Waals surface area (Å²) in [7, 11) is 0. The summed E-state index contributed by atoms with van der Waals surface area (Å²) in [5, 5.41) is 9.08. The van der Waals surface area contributed by atoms with Gasteiger partial charge in [-0.25, -0.2) is 0 Å². The molecule has 0 unspecified atom stereocenters. The van der Waals surface area contributed by atoms with Gasteiger partial charge in [-0.1, -0.05) is 22.6 Å². The van der Waals surface area contributed by atoms with Crippen molar-refractivity contribution >= 4 is 28.6 Å².